The van der Waals surface area contributed by atoms with Crippen molar-refractivity contribution in [1.29, 1.82) is 0 Å². The quantitative estimate of drug-likeness (QED) is 0.850. The zero-order valence-corrected chi connectivity index (χ0v) is 11.9. The molecule has 3 rings (SSSR count). The average Bonchev–Trinajstić information content (AvgIpc) is 3.14. The first-order valence-corrected chi connectivity index (χ1v) is 7.62. The summed E-state index contributed by atoms with van der Waals surface area (Å²) in [6, 6.07) is 0.611. The molecule has 1 aromatic heterocycles. The molecule has 1 saturated heterocycles. The molecule has 18 heavy (non-hydrogen) atoms. The second kappa shape index (κ2) is 5.03. The van der Waals surface area contributed by atoms with Crippen LogP contribution in [0.2, 0.25) is 0 Å². The van der Waals surface area contributed by atoms with E-state index in [0.29, 0.717) is 6.04 Å². The van der Waals surface area contributed by atoms with Crippen molar-refractivity contribution in [3.63, 3.8) is 0 Å². The first-order chi connectivity index (χ1) is 8.79. The van der Waals surface area contributed by atoms with Gasteiger partial charge >= 0.3 is 0 Å². The highest BCUT2D eigenvalue weighted by atomic mass is 32.1. The fourth-order valence-corrected chi connectivity index (χ4v) is 3.29. The molecule has 0 radical (unpaired) electrons. The normalized spacial score (nSPS) is 21.5. The van der Waals surface area contributed by atoms with Crippen LogP contribution in [-0.4, -0.2) is 27.9 Å². The van der Waals surface area contributed by atoms with E-state index in [2.05, 4.69) is 26.6 Å². The lowest BCUT2D eigenvalue weighted by Crippen LogP contribution is -2.35. The van der Waals surface area contributed by atoms with Crippen molar-refractivity contribution in [2.45, 2.75) is 51.5 Å². The monoisotopic (exact) mass is 266 g/mol. The molecule has 2 heterocycles. The Morgan fingerprint density at radius 1 is 1.28 bits per heavy atom. The number of hydrogen-bond acceptors (Lipinski definition) is 3. The van der Waals surface area contributed by atoms with Gasteiger partial charge in [0.1, 0.15) is 0 Å². The van der Waals surface area contributed by atoms with Gasteiger partial charge < -0.3 is 4.90 Å². The lowest BCUT2D eigenvalue weighted by atomic mass is 9.93. The van der Waals surface area contributed by atoms with Crippen molar-refractivity contribution in [2.24, 2.45) is 5.92 Å². The van der Waals surface area contributed by atoms with E-state index in [1.54, 1.807) is 0 Å². The molecule has 1 aromatic rings. The number of anilines is 1. The number of nitrogens with zero attached hydrogens (tertiary/aromatic N) is 3. The lowest BCUT2D eigenvalue weighted by Gasteiger charge is -2.32. The van der Waals surface area contributed by atoms with E-state index in [1.165, 1.54) is 38.5 Å². The molecule has 0 atom stereocenters. The van der Waals surface area contributed by atoms with Crippen LogP contribution in [0.15, 0.2) is 0 Å². The summed E-state index contributed by atoms with van der Waals surface area (Å²) < 4.78 is 3.03. The Labute approximate surface area is 113 Å². The minimum absolute atomic E-state index is 0.611. The molecule has 1 aliphatic carbocycles. The largest absolute Gasteiger partial charge is 0.341 e. The van der Waals surface area contributed by atoms with Crippen molar-refractivity contribution < 1.29 is 0 Å². The van der Waals surface area contributed by atoms with Crippen LogP contribution in [0.4, 0.5) is 5.95 Å². The van der Waals surface area contributed by atoms with Crippen LogP contribution in [0.25, 0.3) is 0 Å². The zero-order chi connectivity index (χ0) is 12.5. The molecular weight excluding hydrogens is 244 g/mol. The number of aromatic amines is 1. The standard InChI is InChI=1S/C13H22N4S/c1-2-3-10-6-8-16(9-7-10)12-14-15-13(18)17(12)11-4-5-11/h10-11H,2-9H2,1H3,(H,15,18). The van der Waals surface area contributed by atoms with E-state index in [-0.39, 0.29) is 0 Å². The van der Waals surface area contributed by atoms with Gasteiger partial charge in [0, 0.05) is 19.1 Å². The van der Waals surface area contributed by atoms with E-state index in [1.807, 2.05) is 0 Å². The Balaban J connectivity index is 1.71. The summed E-state index contributed by atoms with van der Waals surface area (Å²) in [4.78, 5) is 2.41. The molecule has 1 saturated carbocycles. The Morgan fingerprint density at radius 2 is 2.00 bits per heavy atom. The van der Waals surface area contributed by atoms with E-state index in [4.69, 9.17) is 12.2 Å². The number of piperidine rings is 1. The average molecular weight is 266 g/mol. The van der Waals surface area contributed by atoms with Gasteiger partial charge in [0.05, 0.1) is 0 Å². The Bertz CT molecular complexity index is 452. The minimum atomic E-state index is 0.611. The second-order valence-electron chi connectivity index (χ2n) is 5.65. The SMILES string of the molecule is CCCC1CCN(c2n[nH]c(=S)n2C2CC2)CC1. The predicted octanol–water partition coefficient (Wildman–Crippen LogP) is 3.29. The zero-order valence-electron chi connectivity index (χ0n) is 11.1. The predicted molar refractivity (Wildman–Crippen MR) is 75.5 cm³/mol. The van der Waals surface area contributed by atoms with Gasteiger partial charge in [0.25, 0.3) is 0 Å². The van der Waals surface area contributed by atoms with Gasteiger partial charge in [-0.25, -0.2) is 5.10 Å². The summed E-state index contributed by atoms with van der Waals surface area (Å²) >= 11 is 5.34. The van der Waals surface area contributed by atoms with Crippen LogP contribution >= 0.6 is 12.2 Å². The van der Waals surface area contributed by atoms with Gasteiger partial charge in [-0.3, -0.25) is 4.57 Å². The van der Waals surface area contributed by atoms with Crippen LogP contribution in [0.3, 0.4) is 0 Å². The summed E-state index contributed by atoms with van der Waals surface area (Å²) in [5.41, 5.74) is 0. The van der Waals surface area contributed by atoms with Gasteiger partial charge in [-0.2, -0.15) is 0 Å². The molecule has 1 aliphatic heterocycles. The molecule has 0 aromatic carbocycles. The van der Waals surface area contributed by atoms with Gasteiger partial charge in [0.2, 0.25) is 5.95 Å². The molecule has 0 bridgehead atoms. The molecule has 100 valence electrons. The summed E-state index contributed by atoms with van der Waals surface area (Å²) in [5.74, 6) is 2.00. The first kappa shape index (κ1) is 12.2. The highest BCUT2D eigenvalue weighted by molar-refractivity contribution is 7.71. The molecule has 1 N–H and O–H groups in total. The van der Waals surface area contributed by atoms with Crippen molar-refractivity contribution in [1.82, 2.24) is 14.8 Å². The maximum absolute atomic E-state index is 5.34. The molecule has 2 aliphatic rings. The Hall–Kier alpha value is -0.840. The van der Waals surface area contributed by atoms with Crippen molar-refractivity contribution in [2.75, 3.05) is 18.0 Å². The molecule has 0 amide bonds. The third-order valence-corrected chi connectivity index (χ3v) is 4.48. The van der Waals surface area contributed by atoms with E-state index < -0.39 is 0 Å². The van der Waals surface area contributed by atoms with E-state index in [9.17, 15) is 0 Å². The number of hydrogen-bond donors (Lipinski definition) is 1. The van der Waals surface area contributed by atoms with Crippen molar-refractivity contribution in [3.05, 3.63) is 4.77 Å². The van der Waals surface area contributed by atoms with Crippen LogP contribution in [-0.2, 0) is 0 Å². The number of nitrogens with one attached hydrogen (secondary N) is 1. The first-order valence-electron chi connectivity index (χ1n) is 7.21. The summed E-state index contributed by atoms with van der Waals surface area (Å²) in [6.45, 7) is 4.55. The van der Waals surface area contributed by atoms with E-state index >= 15 is 0 Å². The summed E-state index contributed by atoms with van der Waals surface area (Å²) in [7, 11) is 0. The molecule has 0 unspecified atom stereocenters. The summed E-state index contributed by atoms with van der Waals surface area (Å²) in [6.07, 6.45) is 7.81. The minimum Gasteiger partial charge on any atom is -0.341 e. The molecule has 4 nitrogen and oxygen atoms in total. The van der Waals surface area contributed by atoms with Crippen LogP contribution < -0.4 is 4.90 Å². The third kappa shape index (κ3) is 2.32. The van der Waals surface area contributed by atoms with Crippen molar-refractivity contribution >= 4 is 18.2 Å². The Morgan fingerprint density at radius 3 is 2.61 bits per heavy atom. The molecule has 2 fully saturated rings. The van der Waals surface area contributed by atoms with Gasteiger partial charge in [-0.05, 0) is 43.8 Å². The smallest absolute Gasteiger partial charge is 0.225 e. The lowest BCUT2D eigenvalue weighted by molar-refractivity contribution is 0.374. The molecule has 0 spiro atoms. The summed E-state index contributed by atoms with van der Waals surface area (Å²) in [5, 5.41) is 7.41. The number of H-pyrrole nitrogens is 1. The second-order valence-corrected chi connectivity index (χ2v) is 6.04. The van der Waals surface area contributed by atoms with E-state index in [0.717, 1.165) is 29.7 Å². The van der Waals surface area contributed by atoms with Crippen molar-refractivity contribution in [3.8, 4) is 0 Å². The number of aromatic nitrogens is 3. The van der Waals surface area contributed by atoms with Crippen LogP contribution in [0, 0.1) is 10.7 Å². The van der Waals surface area contributed by atoms with Crippen LogP contribution in [0.1, 0.15) is 51.5 Å². The third-order valence-electron chi connectivity index (χ3n) is 4.19. The van der Waals surface area contributed by atoms with Gasteiger partial charge in [-0.15, -0.1) is 5.10 Å². The fraction of sp³-hybridized carbons (Fsp3) is 0.846. The highest BCUT2D eigenvalue weighted by Gasteiger charge is 2.30. The highest BCUT2D eigenvalue weighted by Crippen LogP contribution is 2.38. The molecular formula is C13H22N4S. The molecule has 5 heteroatoms. The topological polar surface area (TPSA) is 36.9 Å². The maximum atomic E-state index is 5.34. The fourth-order valence-electron chi connectivity index (χ4n) is 3.01. The number of rotatable bonds is 4. The van der Waals surface area contributed by atoms with Crippen LogP contribution in [0.5, 0.6) is 0 Å². The van der Waals surface area contributed by atoms with Gasteiger partial charge in [0.15, 0.2) is 4.77 Å². The van der Waals surface area contributed by atoms with Gasteiger partial charge in [-0.1, -0.05) is 19.8 Å². The Kier molecular flexibility index (Phi) is 3.41. The maximum Gasteiger partial charge on any atom is 0.225 e.